The average molecular weight is 312 g/mol. The van der Waals surface area contributed by atoms with E-state index in [1.54, 1.807) is 0 Å². The highest BCUT2D eigenvalue weighted by Crippen LogP contribution is 2.20. The second kappa shape index (κ2) is 8.49. The Morgan fingerprint density at radius 3 is 2.19 bits per heavy atom. The molecule has 0 aliphatic rings. The molecule has 1 aromatic rings. The van der Waals surface area contributed by atoms with Crippen molar-refractivity contribution in [2.45, 2.75) is 47.5 Å². The molecule has 21 heavy (non-hydrogen) atoms. The second-order valence-corrected chi connectivity index (χ2v) is 7.42. The van der Waals surface area contributed by atoms with Crippen molar-refractivity contribution in [3.8, 4) is 0 Å². The molecule has 5 heteroatoms. The first kappa shape index (κ1) is 18.1. The van der Waals surface area contributed by atoms with Crippen molar-refractivity contribution in [1.29, 1.82) is 0 Å². The van der Waals surface area contributed by atoms with Crippen LogP contribution >= 0.6 is 11.3 Å². The Bertz CT molecular complexity index is 445. The lowest BCUT2D eigenvalue weighted by Gasteiger charge is -2.25. The number of hydrogen-bond donors (Lipinski definition) is 1. The van der Waals surface area contributed by atoms with Crippen LogP contribution in [0.3, 0.4) is 0 Å². The molecule has 1 N–H and O–H groups in total. The molecule has 0 amide bonds. The third kappa shape index (κ3) is 6.14. The summed E-state index contributed by atoms with van der Waals surface area (Å²) < 4.78 is 0. The molecule has 0 spiro atoms. The summed E-state index contributed by atoms with van der Waals surface area (Å²) in [4.78, 5) is 18.5. The zero-order valence-electron chi connectivity index (χ0n) is 13.8. The van der Waals surface area contributed by atoms with E-state index in [9.17, 15) is 9.90 Å². The fraction of sp³-hybridized carbons (Fsp3) is 0.750. The molecule has 1 heterocycles. The van der Waals surface area contributed by atoms with E-state index >= 15 is 0 Å². The molecule has 0 aliphatic carbocycles. The average Bonchev–Trinajstić information content (AvgIpc) is 2.78. The van der Waals surface area contributed by atoms with Gasteiger partial charge in [0, 0.05) is 26.1 Å². The van der Waals surface area contributed by atoms with Crippen LogP contribution in [0.15, 0.2) is 0 Å². The van der Waals surface area contributed by atoms with Crippen LogP contribution in [-0.2, 0) is 12.8 Å². The van der Waals surface area contributed by atoms with E-state index in [4.69, 9.17) is 0 Å². The largest absolute Gasteiger partial charge is 0.477 e. The maximum atomic E-state index is 11.2. The van der Waals surface area contributed by atoms with E-state index in [2.05, 4.69) is 37.6 Å². The fourth-order valence-corrected chi connectivity index (χ4v) is 3.44. The van der Waals surface area contributed by atoms with E-state index in [-0.39, 0.29) is 0 Å². The molecule has 0 aliphatic heterocycles. The minimum absolute atomic E-state index is 0.409. The highest BCUT2D eigenvalue weighted by Gasteiger charge is 2.17. The highest BCUT2D eigenvalue weighted by molar-refractivity contribution is 7.13. The van der Waals surface area contributed by atoms with Gasteiger partial charge in [0.15, 0.2) is 0 Å². The van der Waals surface area contributed by atoms with Gasteiger partial charge in [-0.2, -0.15) is 0 Å². The monoisotopic (exact) mass is 312 g/mol. The van der Waals surface area contributed by atoms with E-state index in [1.807, 2.05) is 6.92 Å². The van der Waals surface area contributed by atoms with Crippen LogP contribution in [0, 0.1) is 11.8 Å². The van der Waals surface area contributed by atoms with Crippen LogP contribution in [0.1, 0.15) is 55.0 Å². The lowest BCUT2D eigenvalue weighted by molar-refractivity contribution is 0.0701. The normalized spacial score (nSPS) is 11.8. The maximum absolute atomic E-state index is 11.2. The van der Waals surface area contributed by atoms with Gasteiger partial charge in [-0.15, -0.1) is 11.3 Å². The van der Waals surface area contributed by atoms with Crippen molar-refractivity contribution in [1.82, 2.24) is 9.88 Å². The molecule has 0 radical (unpaired) electrons. The summed E-state index contributed by atoms with van der Waals surface area (Å²) in [5, 5.41) is 10.1. The first-order chi connectivity index (χ1) is 9.83. The molecule has 120 valence electrons. The van der Waals surface area contributed by atoms with Crippen molar-refractivity contribution in [3.05, 3.63) is 15.6 Å². The summed E-state index contributed by atoms with van der Waals surface area (Å²) >= 11 is 1.33. The molecule has 1 aromatic heterocycles. The van der Waals surface area contributed by atoms with Gasteiger partial charge >= 0.3 is 5.97 Å². The molecule has 0 unspecified atom stereocenters. The Morgan fingerprint density at radius 2 is 1.81 bits per heavy atom. The summed E-state index contributed by atoms with van der Waals surface area (Å²) in [7, 11) is 0. The number of carboxylic acids is 1. The van der Waals surface area contributed by atoms with E-state index in [1.165, 1.54) is 11.3 Å². The van der Waals surface area contributed by atoms with Gasteiger partial charge in [0.05, 0.1) is 10.7 Å². The first-order valence-electron chi connectivity index (χ1n) is 7.77. The van der Waals surface area contributed by atoms with E-state index in [0.717, 1.165) is 36.8 Å². The summed E-state index contributed by atoms with van der Waals surface area (Å²) in [6, 6.07) is 0. The van der Waals surface area contributed by atoms with Gasteiger partial charge in [-0.3, -0.25) is 0 Å². The van der Waals surface area contributed by atoms with Crippen LogP contribution in [0.25, 0.3) is 0 Å². The predicted molar refractivity (Wildman–Crippen MR) is 88.3 cm³/mol. The van der Waals surface area contributed by atoms with Gasteiger partial charge in [-0.1, -0.05) is 34.6 Å². The fourth-order valence-electron chi connectivity index (χ4n) is 2.46. The number of aromatic carboxylic acids is 1. The number of hydrogen-bond acceptors (Lipinski definition) is 4. The zero-order chi connectivity index (χ0) is 16.0. The number of aryl methyl sites for hydroxylation is 1. The molecule has 0 saturated carbocycles. The van der Waals surface area contributed by atoms with Crippen molar-refractivity contribution >= 4 is 17.3 Å². The van der Waals surface area contributed by atoms with Crippen LogP contribution in [0.2, 0.25) is 0 Å². The number of nitrogens with zero attached hydrogens (tertiary/aromatic N) is 2. The lowest BCUT2D eigenvalue weighted by atomic mass is 10.1. The van der Waals surface area contributed by atoms with Gasteiger partial charge in [0.1, 0.15) is 4.88 Å². The third-order valence-electron chi connectivity index (χ3n) is 3.16. The molecule has 0 saturated heterocycles. The molecule has 0 aromatic carbocycles. The Morgan fingerprint density at radius 1 is 1.24 bits per heavy atom. The molecule has 1 rings (SSSR count). The minimum atomic E-state index is -0.850. The number of aromatic nitrogens is 1. The smallest absolute Gasteiger partial charge is 0.347 e. The summed E-state index contributed by atoms with van der Waals surface area (Å²) in [6.07, 6.45) is 1.52. The molecule has 0 bridgehead atoms. The Hall–Kier alpha value is -0.940. The minimum Gasteiger partial charge on any atom is -0.477 e. The van der Waals surface area contributed by atoms with Gasteiger partial charge in [-0.25, -0.2) is 9.78 Å². The highest BCUT2D eigenvalue weighted by atomic mass is 32.1. The first-order valence-corrected chi connectivity index (χ1v) is 8.59. The SMILES string of the molecule is CCc1nc(CCN(CC(C)C)CC(C)C)sc1C(=O)O. The number of thiazole rings is 1. The Kier molecular flexibility index (Phi) is 7.32. The number of rotatable bonds is 9. The van der Waals surface area contributed by atoms with Crippen molar-refractivity contribution < 1.29 is 9.90 Å². The quantitative estimate of drug-likeness (QED) is 0.757. The molecular weight excluding hydrogens is 284 g/mol. The number of carboxylic acid groups (broad SMARTS) is 1. The molecule has 0 fully saturated rings. The molecule has 0 atom stereocenters. The van der Waals surface area contributed by atoms with E-state index in [0.29, 0.717) is 23.1 Å². The van der Waals surface area contributed by atoms with Crippen LogP contribution in [-0.4, -0.2) is 40.6 Å². The van der Waals surface area contributed by atoms with Crippen molar-refractivity contribution in [2.24, 2.45) is 11.8 Å². The second-order valence-electron chi connectivity index (χ2n) is 6.34. The van der Waals surface area contributed by atoms with Crippen molar-refractivity contribution in [2.75, 3.05) is 19.6 Å². The van der Waals surface area contributed by atoms with Crippen LogP contribution < -0.4 is 0 Å². The summed E-state index contributed by atoms with van der Waals surface area (Å²) in [6.45, 7) is 14.0. The van der Waals surface area contributed by atoms with Gasteiger partial charge in [-0.05, 0) is 18.3 Å². The number of carbonyl (C=O) groups is 1. The van der Waals surface area contributed by atoms with Gasteiger partial charge < -0.3 is 10.0 Å². The maximum Gasteiger partial charge on any atom is 0.347 e. The van der Waals surface area contributed by atoms with Gasteiger partial charge in [0.25, 0.3) is 0 Å². The van der Waals surface area contributed by atoms with Gasteiger partial charge in [0.2, 0.25) is 0 Å². The Balaban J connectivity index is 2.68. The zero-order valence-corrected chi connectivity index (χ0v) is 14.7. The predicted octanol–water partition coefficient (Wildman–Crippen LogP) is 3.56. The third-order valence-corrected chi connectivity index (χ3v) is 4.30. The Labute approximate surface area is 132 Å². The standard InChI is InChI=1S/C16H28N2O2S/c1-6-13-15(16(19)20)21-14(17-13)7-8-18(9-11(2)3)10-12(4)5/h11-12H,6-10H2,1-5H3,(H,19,20). The van der Waals surface area contributed by atoms with E-state index < -0.39 is 5.97 Å². The van der Waals surface area contributed by atoms with Crippen LogP contribution in [0.4, 0.5) is 0 Å². The molecule has 4 nitrogen and oxygen atoms in total. The van der Waals surface area contributed by atoms with Crippen molar-refractivity contribution in [3.63, 3.8) is 0 Å². The molecular formula is C16H28N2O2S. The summed E-state index contributed by atoms with van der Waals surface area (Å²) in [5.41, 5.74) is 0.724. The van der Waals surface area contributed by atoms with Crippen LogP contribution in [0.5, 0.6) is 0 Å². The lowest BCUT2D eigenvalue weighted by Crippen LogP contribution is -2.33. The topological polar surface area (TPSA) is 53.4 Å². The summed E-state index contributed by atoms with van der Waals surface area (Å²) in [5.74, 6) is 0.429.